The molecule has 15 heavy (non-hydrogen) atoms. The van der Waals surface area contributed by atoms with Gasteiger partial charge in [-0.05, 0) is 9.91 Å². The Balaban J connectivity index is 3.39. The van der Waals surface area contributed by atoms with Gasteiger partial charge in [-0.3, -0.25) is 0 Å². The summed E-state index contributed by atoms with van der Waals surface area (Å²) in [4.78, 5) is 12.5. The number of nitrogens with zero attached hydrogens (tertiary/aromatic N) is 2. The standard InChI is InChI=1S/C7H6F3N3O2/c8-5-3(1-11)7(13(14)15)12-2-4(5)6(9)10/h2,6H,1,11H2. The van der Waals surface area contributed by atoms with Gasteiger partial charge in [-0.25, -0.2) is 13.2 Å². The first-order valence-electron chi connectivity index (χ1n) is 3.79. The number of pyridine rings is 1. The molecule has 1 aromatic rings. The van der Waals surface area contributed by atoms with Gasteiger partial charge in [-0.15, -0.1) is 0 Å². The van der Waals surface area contributed by atoms with E-state index in [4.69, 9.17) is 5.73 Å². The first kappa shape index (κ1) is 11.4. The molecule has 2 N–H and O–H groups in total. The van der Waals surface area contributed by atoms with Crippen LogP contribution in [0.4, 0.5) is 19.0 Å². The fourth-order valence-corrected chi connectivity index (χ4v) is 1.03. The second-order valence-corrected chi connectivity index (χ2v) is 2.59. The second kappa shape index (κ2) is 4.22. The Hall–Kier alpha value is -1.70. The van der Waals surface area contributed by atoms with Crippen molar-refractivity contribution in [3.05, 3.63) is 33.3 Å². The Kier molecular flexibility index (Phi) is 3.20. The van der Waals surface area contributed by atoms with E-state index < -0.39 is 40.7 Å². The van der Waals surface area contributed by atoms with Crippen molar-refractivity contribution in [3.8, 4) is 0 Å². The summed E-state index contributed by atoms with van der Waals surface area (Å²) in [6.45, 7) is -0.560. The minimum atomic E-state index is -3.08. The van der Waals surface area contributed by atoms with Crippen LogP contribution in [0.5, 0.6) is 0 Å². The molecule has 0 amide bonds. The zero-order valence-electron chi connectivity index (χ0n) is 7.28. The normalized spacial score (nSPS) is 10.7. The molecule has 0 fully saturated rings. The molecule has 0 atom stereocenters. The lowest BCUT2D eigenvalue weighted by Crippen LogP contribution is -2.09. The number of rotatable bonds is 3. The number of nitrogens with two attached hydrogens (primary N) is 1. The van der Waals surface area contributed by atoms with E-state index in [-0.39, 0.29) is 0 Å². The molecule has 0 bridgehead atoms. The number of aromatic nitrogens is 1. The Morgan fingerprint density at radius 1 is 1.60 bits per heavy atom. The number of nitro groups is 1. The van der Waals surface area contributed by atoms with Crippen molar-refractivity contribution in [3.63, 3.8) is 0 Å². The van der Waals surface area contributed by atoms with E-state index in [9.17, 15) is 23.3 Å². The molecule has 0 saturated heterocycles. The van der Waals surface area contributed by atoms with Crippen molar-refractivity contribution >= 4 is 5.82 Å². The summed E-state index contributed by atoms with van der Waals surface area (Å²) in [7, 11) is 0. The molecule has 0 aliphatic rings. The topological polar surface area (TPSA) is 82.0 Å². The fraction of sp³-hybridized carbons (Fsp3) is 0.286. The maximum Gasteiger partial charge on any atom is 0.370 e. The third kappa shape index (κ3) is 2.04. The van der Waals surface area contributed by atoms with E-state index in [0.29, 0.717) is 6.20 Å². The maximum absolute atomic E-state index is 13.2. The van der Waals surface area contributed by atoms with Crippen molar-refractivity contribution < 1.29 is 18.1 Å². The highest BCUT2D eigenvalue weighted by atomic mass is 19.3. The van der Waals surface area contributed by atoms with Crippen molar-refractivity contribution in [1.29, 1.82) is 0 Å². The molecule has 0 saturated carbocycles. The highest BCUT2D eigenvalue weighted by Gasteiger charge is 2.26. The Labute approximate surface area is 81.9 Å². The predicted octanol–water partition coefficient (Wildman–Crippen LogP) is 1.53. The van der Waals surface area contributed by atoms with Gasteiger partial charge in [-0.1, -0.05) is 0 Å². The molecule has 0 spiro atoms. The average Bonchev–Trinajstić information content (AvgIpc) is 2.16. The van der Waals surface area contributed by atoms with E-state index in [1.165, 1.54) is 0 Å². The molecule has 8 heteroatoms. The van der Waals surface area contributed by atoms with Gasteiger partial charge in [0.15, 0.2) is 6.20 Å². The summed E-state index contributed by atoms with van der Waals surface area (Å²) in [5.41, 5.74) is 3.43. The van der Waals surface area contributed by atoms with Gasteiger partial charge in [0.05, 0.1) is 11.1 Å². The minimum Gasteiger partial charge on any atom is -0.358 e. The van der Waals surface area contributed by atoms with Gasteiger partial charge < -0.3 is 15.8 Å². The zero-order valence-corrected chi connectivity index (χ0v) is 7.28. The number of alkyl halides is 2. The molecule has 1 aromatic heterocycles. The first-order chi connectivity index (χ1) is 6.99. The Bertz CT molecular complexity index is 397. The van der Waals surface area contributed by atoms with Gasteiger partial charge in [-0.2, -0.15) is 0 Å². The molecular formula is C7H6F3N3O2. The first-order valence-corrected chi connectivity index (χ1v) is 3.79. The molecule has 0 aliphatic carbocycles. The molecule has 5 nitrogen and oxygen atoms in total. The SMILES string of the molecule is NCc1c([N+](=O)[O-])ncc(C(F)F)c1F. The minimum absolute atomic E-state index is 0.442. The molecular weight excluding hydrogens is 215 g/mol. The van der Waals surface area contributed by atoms with Crippen LogP contribution in [0.2, 0.25) is 0 Å². The molecule has 1 rings (SSSR count). The third-order valence-electron chi connectivity index (χ3n) is 1.73. The van der Waals surface area contributed by atoms with Crippen molar-refractivity contribution in [2.24, 2.45) is 5.73 Å². The summed E-state index contributed by atoms with van der Waals surface area (Å²) >= 11 is 0. The smallest absolute Gasteiger partial charge is 0.358 e. The number of hydrogen-bond donors (Lipinski definition) is 1. The highest BCUT2D eigenvalue weighted by molar-refractivity contribution is 5.37. The van der Waals surface area contributed by atoms with Gasteiger partial charge in [0.25, 0.3) is 6.43 Å². The molecule has 0 unspecified atom stereocenters. The van der Waals surface area contributed by atoms with Crippen LogP contribution < -0.4 is 5.73 Å². The van der Waals surface area contributed by atoms with Crippen molar-refractivity contribution in [2.75, 3.05) is 0 Å². The summed E-state index contributed by atoms with van der Waals surface area (Å²) in [5, 5.41) is 10.3. The molecule has 82 valence electrons. The average molecular weight is 221 g/mol. The second-order valence-electron chi connectivity index (χ2n) is 2.59. The Morgan fingerprint density at radius 2 is 2.20 bits per heavy atom. The lowest BCUT2D eigenvalue weighted by molar-refractivity contribution is -0.390. The Morgan fingerprint density at radius 3 is 2.60 bits per heavy atom. The summed E-state index contributed by atoms with van der Waals surface area (Å²) in [6, 6.07) is 0. The van der Waals surface area contributed by atoms with Crippen LogP contribution in [0, 0.1) is 15.9 Å². The van der Waals surface area contributed by atoms with Gasteiger partial charge in [0, 0.05) is 6.54 Å². The number of halogens is 3. The zero-order chi connectivity index (χ0) is 11.6. The monoisotopic (exact) mass is 221 g/mol. The van der Waals surface area contributed by atoms with Gasteiger partial charge in [0.1, 0.15) is 5.82 Å². The van der Waals surface area contributed by atoms with Crippen LogP contribution in [0.3, 0.4) is 0 Å². The highest BCUT2D eigenvalue weighted by Crippen LogP contribution is 2.27. The van der Waals surface area contributed by atoms with Crippen molar-refractivity contribution in [1.82, 2.24) is 4.98 Å². The van der Waals surface area contributed by atoms with E-state index in [2.05, 4.69) is 4.98 Å². The van der Waals surface area contributed by atoms with E-state index in [0.717, 1.165) is 0 Å². The largest absolute Gasteiger partial charge is 0.370 e. The lowest BCUT2D eigenvalue weighted by atomic mass is 10.1. The predicted molar refractivity (Wildman–Crippen MR) is 43.7 cm³/mol. The van der Waals surface area contributed by atoms with Crippen LogP contribution in [0.25, 0.3) is 0 Å². The quantitative estimate of drug-likeness (QED) is 0.619. The van der Waals surface area contributed by atoms with Gasteiger partial charge in [0.2, 0.25) is 0 Å². The van der Waals surface area contributed by atoms with E-state index >= 15 is 0 Å². The van der Waals surface area contributed by atoms with Gasteiger partial charge >= 0.3 is 5.82 Å². The summed E-state index contributed by atoms with van der Waals surface area (Å²) in [5.74, 6) is -2.20. The third-order valence-corrected chi connectivity index (χ3v) is 1.73. The maximum atomic E-state index is 13.2. The van der Waals surface area contributed by atoms with E-state index in [1.807, 2.05) is 0 Å². The van der Waals surface area contributed by atoms with Crippen LogP contribution in [0.15, 0.2) is 6.20 Å². The molecule has 0 radical (unpaired) electrons. The molecule has 1 heterocycles. The van der Waals surface area contributed by atoms with E-state index in [1.54, 1.807) is 0 Å². The molecule has 0 aromatic carbocycles. The van der Waals surface area contributed by atoms with Crippen LogP contribution in [0.1, 0.15) is 17.6 Å². The molecule has 0 aliphatic heterocycles. The van der Waals surface area contributed by atoms with Crippen LogP contribution in [-0.2, 0) is 6.54 Å². The van der Waals surface area contributed by atoms with Crippen LogP contribution >= 0.6 is 0 Å². The summed E-state index contributed by atoms with van der Waals surface area (Å²) in [6.07, 6.45) is -2.64. The van der Waals surface area contributed by atoms with Crippen LogP contribution in [-0.4, -0.2) is 9.91 Å². The van der Waals surface area contributed by atoms with Crippen molar-refractivity contribution in [2.45, 2.75) is 13.0 Å². The number of hydrogen-bond acceptors (Lipinski definition) is 4. The lowest BCUT2D eigenvalue weighted by Gasteiger charge is -2.04. The fourth-order valence-electron chi connectivity index (χ4n) is 1.03. The summed E-state index contributed by atoms with van der Waals surface area (Å²) < 4.78 is 37.6.